The van der Waals surface area contributed by atoms with Crippen LogP contribution >= 0.6 is 27.5 Å². The molecule has 0 radical (unpaired) electrons. The largest absolute Gasteiger partial charge is 0.493 e. The topological polar surface area (TPSA) is 42.2 Å². The maximum Gasteiger partial charge on any atom is 0.174 e. The molecule has 0 heterocycles. The molecular weight excluding hydrogens is 366 g/mol. The zero-order valence-corrected chi connectivity index (χ0v) is 14.4. The molecule has 5 heteroatoms. The number of allylic oxidation sites excluding steroid dienone is 1. The number of hydrogen-bond donors (Lipinski definition) is 0. The van der Waals surface area contributed by atoms with E-state index in [1.165, 1.54) is 0 Å². The molecule has 0 aliphatic carbocycles. The lowest BCUT2D eigenvalue weighted by atomic mass is 10.0. The fraction of sp³-hybridized carbons (Fsp3) is 0.118. The van der Waals surface area contributed by atoms with E-state index >= 15 is 0 Å². The molecule has 0 saturated heterocycles. The number of ether oxygens (including phenoxy) is 2. The van der Waals surface area contributed by atoms with Gasteiger partial charge in [-0.05, 0) is 57.4 Å². The van der Waals surface area contributed by atoms with Crippen molar-refractivity contribution in [2.45, 2.75) is 0 Å². The molecule has 0 aliphatic rings. The normalized spacial score (nSPS) is 11.0. The minimum Gasteiger partial charge on any atom is -0.493 e. The second-order valence-corrected chi connectivity index (χ2v) is 5.71. The Hall–Kier alpha value is -1.96. The summed E-state index contributed by atoms with van der Waals surface area (Å²) in [6.07, 6.45) is 1.79. The van der Waals surface area contributed by atoms with E-state index in [4.69, 9.17) is 21.1 Å². The van der Waals surface area contributed by atoms with Crippen molar-refractivity contribution in [1.29, 1.82) is 5.26 Å². The average molecular weight is 379 g/mol. The molecule has 22 heavy (non-hydrogen) atoms. The number of benzene rings is 2. The Kier molecular flexibility index (Phi) is 5.48. The Labute approximate surface area is 142 Å². The first kappa shape index (κ1) is 16.4. The van der Waals surface area contributed by atoms with E-state index in [1.807, 2.05) is 24.3 Å². The number of methoxy groups -OCH3 is 2. The van der Waals surface area contributed by atoms with Crippen LogP contribution in [0.25, 0.3) is 11.6 Å². The third kappa shape index (κ3) is 3.62. The lowest BCUT2D eigenvalue weighted by Crippen LogP contribution is -1.92. The molecule has 0 N–H and O–H groups in total. The van der Waals surface area contributed by atoms with Crippen LogP contribution in [-0.4, -0.2) is 14.2 Å². The quantitative estimate of drug-likeness (QED) is 0.543. The molecule has 2 rings (SSSR count). The molecule has 0 atom stereocenters. The Morgan fingerprint density at radius 1 is 1.18 bits per heavy atom. The maximum atomic E-state index is 9.39. The molecule has 0 aromatic heterocycles. The zero-order chi connectivity index (χ0) is 16.1. The molecule has 0 fully saturated rings. The van der Waals surface area contributed by atoms with E-state index in [0.29, 0.717) is 22.1 Å². The van der Waals surface area contributed by atoms with Crippen molar-refractivity contribution in [3.05, 3.63) is 57.0 Å². The zero-order valence-electron chi connectivity index (χ0n) is 12.1. The summed E-state index contributed by atoms with van der Waals surface area (Å²) in [5.41, 5.74) is 2.17. The van der Waals surface area contributed by atoms with Crippen LogP contribution in [0.4, 0.5) is 0 Å². The van der Waals surface area contributed by atoms with E-state index in [1.54, 1.807) is 32.4 Å². The Morgan fingerprint density at radius 3 is 2.41 bits per heavy atom. The number of nitrogens with zero attached hydrogens (tertiary/aromatic N) is 1. The van der Waals surface area contributed by atoms with E-state index in [2.05, 4.69) is 22.0 Å². The van der Waals surface area contributed by atoms with Gasteiger partial charge in [-0.15, -0.1) is 0 Å². The van der Waals surface area contributed by atoms with E-state index in [0.717, 1.165) is 15.6 Å². The first-order chi connectivity index (χ1) is 10.6. The molecule has 112 valence electrons. The SMILES string of the molecule is COc1cc(C=C(C#N)c2ccc(Cl)cc2)cc(Br)c1OC. The van der Waals surface area contributed by atoms with Crippen molar-refractivity contribution >= 4 is 39.2 Å². The highest BCUT2D eigenvalue weighted by atomic mass is 79.9. The van der Waals surface area contributed by atoms with Gasteiger partial charge in [0, 0.05) is 5.02 Å². The van der Waals surface area contributed by atoms with Gasteiger partial charge in [0.25, 0.3) is 0 Å². The lowest BCUT2D eigenvalue weighted by molar-refractivity contribution is 0.353. The van der Waals surface area contributed by atoms with Crippen molar-refractivity contribution in [2.75, 3.05) is 14.2 Å². The standard InChI is InChI=1S/C17H13BrClNO2/c1-21-16-9-11(8-15(18)17(16)22-2)7-13(10-20)12-3-5-14(19)6-4-12/h3-9H,1-2H3. The molecule has 3 nitrogen and oxygen atoms in total. The van der Waals surface area contributed by atoms with E-state index in [9.17, 15) is 5.26 Å². The summed E-state index contributed by atoms with van der Waals surface area (Å²) in [4.78, 5) is 0. The van der Waals surface area contributed by atoms with Gasteiger partial charge in [0.1, 0.15) is 0 Å². The summed E-state index contributed by atoms with van der Waals surface area (Å²) in [6, 6.07) is 13.0. The number of nitriles is 1. The van der Waals surface area contributed by atoms with Crippen molar-refractivity contribution in [3.63, 3.8) is 0 Å². The highest BCUT2D eigenvalue weighted by Gasteiger charge is 2.10. The summed E-state index contributed by atoms with van der Waals surface area (Å²) < 4.78 is 11.3. The summed E-state index contributed by atoms with van der Waals surface area (Å²) in [5.74, 6) is 1.21. The number of rotatable bonds is 4. The van der Waals surface area contributed by atoms with Gasteiger partial charge in [0.15, 0.2) is 11.5 Å². The number of halogens is 2. The molecular formula is C17H13BrClNO2. The monoisotopic (exact) mass is 377 g/mol. The summed E-state index contributed by atoms with van der Waals surface area (Å²) in [6.45, 7) is 0. The molecule has 0 unspecified atom stereocenters. The van der Waals surface area contributed by atoms with Crippen LogP contribution in [0.15, 0.2) is 40.9 Å². The fourth-order valence-electron chi connectivity index (χ4n) is 2.00. The van der Waals surface area contributed by atoms with E-state index in [-0.39, 0.29) is 0 Å². The van der Waals surface area contributed by atoms with Crippen molar-refractivity contribution < 1.29 is 9.47 Å². The van der Waals surface area contributed by atoms with Crippen molar-refractivity contribution in [1.82, 2.24) is 0 Å². The second-order valence-electron chi connectivity index (χ2n) is 4.41. The highest BCUT2D eigenvalue weighted by Crippen LogP contribution is 2.37. The molecule has 0 saturated carbocycles. The van der Waals surface area contributed by atoms with Crippen LogP contribution < -0.4 is 9.47 Å². The lowest BCUT2D eigenvalue weighted by Gasteiger charge is -2.10. The smallest absolute Gasteiger partial charge is 0.174 e. The van der Waals surface area contributed by atoms with Crippen LogP contribution in [0.5, 0.6) is 11.5 Å². The van der Waals surface area contributed by atoms with Gasteiger partial charge in [0.05, 0.1) is 30.3 Å². The van der Waals surface area contributed by atoms with Crippen LogP contribution in [-0.2, 0) is 0 Å². The number of hydrogen-bond acceptors (Lipinski definition) is 3. The highest BCUT2D eigenvalue weighted by molar-refractivity contribution is 9.10. The van der Waals surface area contributed by atoms with Gasteiger partial charge in [-0.3, -0.25) is 0 Å². The van der Waals surface area contributed by atoms with Gasteiger partial charge >= 0.3 is 0 Å². The predicted octanol–water partition coefficient (Wildman–Crippen LogP) is 5.18. The van der Waals surface area contributed by atoms with Crippen LogP contribution in [0.1, 0.15) is 11.1 Å². The molecule has 0 spiro atoms. The van der Waals surface area contributed by atoms with E-state index < -0.39 is 0 Å². The Morgan fingerprint density at radius 2 is 1.86 bits per heavy atom. The van der Waals surface area contributed by atoms with Gasteiger partial charge in [0.2, 0.25) is 0 Å². The molecule has 2 aromatic carbocycles. The first-order valence-electron chi connectivity index (χ1n) is 6.38. The summed E-state index contributed by atoms with van der Waals surface area (Å²) in [7, 11) is 3.15. The summed E-state index contributed by atoms with van der Waals surface area (Å²) >= 11 is 9.32. The summed E-state index contributed by atoms with van der Waals surface area (Å²) in [5, 5.41) is 10.0. The molecule has 0 aliphatic heterocycles. The third-order valence-electron chi connectivity index (χ3n) is 3.04. The molecule has 2 aromatic rings. The fourth-order valence-corrected chi connectivity index (χ4v) is 2.75. The Balaban J connectivity index is 2.48. The second kappa shape index (κ2) is 7.35. The van der Waals surface area contributed by atoms with Crippen LogP contribution in [0.3, 0.4) is 0 Å². The minimum atomic E-state index is 0.538. The van der Waals surface area contributed by atoms with Gasteiger partial charge in [-0.1, -0.05) is 23.7 Å². The van der Waals surface area contributed by atoms with Crippen LogP contribution in [0.2, 0.25) is 5.02 Å². The van der Waals surface area contributed by atoms with Crippen LogP contribution in [0, 0.1) is 11.3 Å². The maximum absolute atomic E-state index is 9.39. The Bertz CT molecular complexity index is 748. The minimum absolute atomic E-state index is 0.538. The average Bonchev–Trinajstić information content (AvgIpc) is 2.53. The van der Waals surface area contributed by atoms with Gasteiger partial charge in [-0.25, -0.2) is 0 Å². The van der Waals surface area contributed by atoms with Crippen molar-refractivity contribution in [2.24, 2.45) is 0 Å². The third-order valence-corrected chi connectivity index (χ3v) is 3.88. The first-order valence-corrected chi connectivity index (χ1v) is 7.55. The predicted molar refractivity (Wildman–Crippen MR) is 92.2 cm³/mol. The van der Waals surface area contributed by atoms with Crippen molar-refractivity contribution in [3.8, 4) is 17.6 Å². The van der Waals surface area contributed by atoms with Gasteiger partial charge in [-0.2, -0.15) is 5.26 Å². The van der Waals surface area contributed by atoms with Gasteiger partial charge < -0.3 is 9.47 Å². The molecule has 0 bridgehead atoms. The molecule has 0 amide bonds.